The molecule has 1 heterocycles. The number of aliphatic hydroxyl groups excluding tert-OH is 5. The van der Waals surface area contributed by atoms with Crippen LogP contribution >= 0.6 is 0 Å². The van der Waals surface area contributed by atoms with E-state index in [0.29, 0.717) is 17.7 Å². The fourth-order valence-corrected chi connectivity index (χ4v) is 3.63. The fraction of sp³-hybridized carbons (Fsp3) is 0.500. The van der Waals surface area contributed by atoms with E-state index in [1.165, 1.54) is 6.92 Å². The van der Waals surface area contributed by atoms with Crippen LogP contribution in [-0.4, -0.2) is 68.4 Å². The van der Waals surface area contributed by atoms with E-state index >= 15 is 0 Å². The number of aliphatic hydroxyl groups is 5. The molecule has 0 bridgehead atoms. The summed E-state index contributed by atoms with van der Waals surface area (Å²) in [6.07, 6.45) is -7.50. The van der Waals surface area contributed by atoms with Gasteiger partial charge >= 0.3 is 0 Å². The second-order valence-electron chi connectivity index (χ2n) is 8.39. The lowest BCUT2D eigenvalue weighted by Crippen LogP contribution is -2.61. The molecule has 176 valence electrons. The van der Waals surface area contributed by atoms with Gasteiger partial charge < -0.3 is 39.7 Å². The van der Waals surface area contributed by atoms with Crippen molar-refractivity contribution in [3.63, 3.8) is 0 Å². The highest BCUT2D eigenvalue weighted by molar-refractivity contribution is 5.41. The van der Waals surface area contributed by atoms with Crippen LogP contribution in [0.3, 0.4) is 0 Å². The normalized spacial score (nSPS) is 26.7. The summed E-state index contributed by atoms with van der Waals surface area (Å²) in [6.45, 7) is 5.13. The van der Waals surface area contributed by atoms with Gasteiger partial charge in [0.25, 0.3) is 0 Å². The molecule has 2 aromatic rings. The first-order valence-electron chi connectivity index (χ1n) is 10.7. The van der Waals surface area contributed by atoms with E-state index in [2.05, 4.69) is 0 Å². The van der Waals surface area contributed by atoms with E-state index in [-0.39, 0.29) is 12.7 Å². The highest BCUT2D eigenvalue weighted by Gasteiger charge is 2.46. The Labute approximate surface area is 187 Å². The lowest BCUT2D eigenvalue weighted by molar-refractivity contribution is -0.286. The van der Waals surface area contributed by atoms with Crippen molar-refractivity contribution in [3.8, 4) is 11.5 Å². The largest absolute Gasteiger partial charge is 0.491 e. The average Bonchev–Trinajstić information content (AvgIpc) is 2.75. The standard InChI is InChI=1S/C24H32O8/c1-13(2)30-18-8-5-15(6-9-18)10-17-7-4-16(12-25)11-19(17)31-24-22(29)20(27)21(28)23(32-24)14(3)26/h4-9,11,13-14,20-29H,10,12H2,1-3H3/t14-,20+,21+,22-,23-,24-/m1/s1. The maximum atomic E-state index is 10.4. The van der Waals surface area contributed by atoms with E-state index in [4.69, 9.17) is 14.2 Å². The molecule has 1 aliphatic rings. The van der Waals surface area contributed by atoms with Crippen LogP contribution in [0.1, 0.15) is 37.5 Å². The predicted molar refractivity (Wildman–Crippen MR) is 116 cm³/mol. The molecule has 0 radical (unpaired) electrons. The highest BCUT2D eigenvalue weighted by atomic mass is 16.7. The molecule has 1 fully saturated rings. The Morgan fingerprint density at radius 1 is 0.906 bits per heavy atom. The van der Waals surface area contributed by atoms with Crippen LogP contribution in [0.2, 0.25) is 0 Å². The van der Waals surface area contributed by atoms with Gasteiger partial charge in [-0.1, -0.05) is 24.3 Å². The van der Waals surface area contributed by atoms with Gasteiger partial charge in [0, 0.05) is 6.42 Å². The van der Waals surface area contributed by atoms with Gasteiger partial charge in [-0.05, 0) is 55.7 Å². The number of hydrogen-bond acceptors (Lipinski definition) is 8. The summed E-state index contributed by atoms with van der Waals surface area (Å²) in [5, 5.41) is 50.0. The van der Waals surface area contributed by atoms with Gasteiger partial charge in [0.05, 0.1) is 18.8 Å². The molecule has 1 saturated heterocycles. The Kier molecular flexibility index (Phi) is 8.10. The van der Waals surface area contributed by atoms with Crippen molar-refractivity contribution in [2.75, 3.05) is 0 Å². The van der Waals surface area contributed by atoms with Gasteiger partial charge in [-0.3, -0.25) is 0 Å². The van der Waals surface area contributed by atoms with Crippen LogP contribution in [0.15, 0.2) is 42.5 Å². The second kappa shape index (κ2) is 10.6. The monoisotopic (exact) mass is 448 g/mol. The molecular formula is C24H32O8. The molecule has 32 heavy (non-hydrogen) atoms. The minimum Gasteiger partial charge on any atom is -0.491 e. The van der Waals surface area contributed by atoms with Crippen LogP contribution in [0, 0.1) is 0 Å². The molecule has 1 aliphatic heterocycles. The summed E-state index contributed by atoms with van der Waals surface area (Å²) in [4.78, 5) is 0. The van der Waals surface area contributed by atoms with E-state index < -0.39 is 36.8 Å². The predicted octanol–water partition coefficient (Wildman–Crippen LogP) is 1.12. The van der Waals surface area contributed by atoms with Crippen molar-refractivity contribution >= 4 is 0 Å². The van der Waals surface area contributed by atoms with Gasteiger partial charge in [-0.2, -0.15) is 0 Å². The lowest BCUT2D eigenvalue weighted by atomic mass is 9.96. The SMILES string of the molecule is CC(C)Oc1ccc(Cc2ccc(CO)cc2O[C@@H]2O[C@H]([C@@H](C)O)[C@@H](O)[C@H](O)[C@H]2O)cc1. The minimum atomic E-state index is -1.55. The summed E-state index contributed by atoms with van der Waals surface area (Å²) in [5.74, 6) is 1.13. The Morgan fingerprint density at radius 3 is 2.16 bits per heavy atom. The Bertz CT molecular complexity index is 867. The van der Waals surface area contributed by atoms with Gasteiger partial charge in [-0.25, -0.2) is 0 Å². The number of hydrogen-bond donors (Lipinski definition) is 5. The van der Waals surface area contributed by atoms with Crippen LogP contribution in [0.4, 0.5) is 0 Å². The maximum absolute atomic E-state index is 10.4. The van der Waals surface area contributed by atoms with Gasteiger partial charge in [-0.15, -0.1) is 0 Å². The molecule has 0 saturated carbocycles. The van der Waals surface area contributed by atoms with Crippen LogP contribution in [0.5, 0.6) is 11.5 Å². The van der Waals surface area contributed by atoms with Crippen LogP contribution in [-0.2, 0) is 17.8 Å². The van der Waals surface area contributed by atoms with E-state index in [9.17, 15) is 25.5 Å². The summed E-state index contributed by atoms with van der Waals surface area (Å²) in [5.41, 5.74) is 2.36. The van der Waals surface area contributed by atoms with Crippen molar-refractivity contribution in [1.82, 2.24) is 0 Å². The molecule has 0 unspecified atom stereocenters. The molecule has 5 N–H and O–H groups in total. The van der Waals surface area contributed by atoms with Gasteiger partial charge in [0.1, 0.15) is 35.9 Å². The van der Waals surface area contributed by atoms with E-state index in [0.717, 1.165) is 16.9 Å². The van der Waals surface area contributed by atoms with Crippen LogP contribution < -0.4 is 9.47 Å². The smallest absolute Gasteiger partial charge is 0.229 e. The lowest BCUT2D eigenvalue weighted by Gasteiger charge is -2.41. The zero-order valence-electron chi connectivity index (χ0n) is 18.5. The third-order valence-corrected chi connectivity index (χ3v) is 5.33. The third-order valence-electron chi connectivity index (χ3n) is 5.33. The number of ether oxygens (including phenoxy) is 3. The zero-order valence-corrected chi connectivity index (χ0v) is 18.5. The topological polar surface area (TPSA) is 129 Å². The van der Waals surface area contributed by atoms with Crippen molar-refractivity contribution in [1.29, 1.82) is 0 Å². The average molecular weight is 449 g/mol. The summed E-state index contributed by atoms with van der Waals surface area (Å²) in [6, 6.07) is 12.9. The van der Waals surface area contributed by atoms with Crippen molar-refractivity contribution < 1.29 is 39.7 Å². The highest BCUT2D eigenvalue weighted by Crippen LogP contribution is 2.30. The van der Waals surface area contributed by atoms with E-state index in [1.807, 2.05) is 44.2 Å². The Balaban J connectivity index is 1.83. The number of benzene rings is 2. The first-order chi connectivity index (χ1) is 15.2. The van der Waals surface area contributed by atoms with Crippen molar-refractivity contribution in [2.24, 2.45) is 0 Å². The minimum absolute atomic E-state index is 0.0770. The first-order valence-corrected chi connectivity index (χ1v) is 10.7. The maximum Gasteiger partial charge on any atom is 0.229 e. The summed E-state index contributed by atoms with van der Waals surface area (Å²) >= 11 is 0. The first kappa shape index (κ1) is 24.4. The quantitative estimate of drug-likeness (QED) is 0.406. The molecule has 6 atom stereocenters. The van der Waals surface area contributed by atoms with Crippen LogP contribution in [0.25, 0.3) is 0 Å². The Hall–Kier alpha value is -2.20. The Morgan fingerprint density at radius 2 is 1.56 bits per heavy atom. The molecule has 8 heteroatoms. The summed E-state index contributed by atoms with van der Waals surface area (Å²) < 4.78 is 17.1. The molecule has 8 nitrogen and oxygen atoms in total. The van der Waals surface area contributed by atoms with Gasteiger partial charge in [0.15, 0.2) is 0 Å². The zero-order chi connectivity index (χ0) is 23.4. The molecule has 0 spiro atoms. The number of rotatable bonds is 8. The molecule has 0 aromatic heterocycles. The molecule has 3 rings (SSSR count). The fourth-order valence-electron chi connectivity index (χ4n) is 3.63. The van der Waals surface area contributed by atoms with Gasteiger partial charge in [0.2, 0.25) is 6.29 Å². The molecule has 0 aliphatic carbocycles. The molecular weight excluding hydrogens is 416 g/mol. The summed E-state index contributed by atoms with van der Waals surface area (Å²) in [7, 11) is 0. The second-order valence-corrected chi connectivity index (χ2v) is 8.39. The third kappa shape index (κ3) is 5.78. The molecule has 0 amide bonds. The van der Waals surface area contributed by atoms with Crippen molar-refractivity contribution in [3.05, 3.63) is 59.2 Å². The molecule has 2 aromatic carbocycles. The van der Waals surface area contributed by atoms with Crippen molar-refractivity contribution in [2.45, 2.75) is 76.7 Å². The van der Waals surface area contributed by atoms with E-state index in [1.54, 1.807) is 12.1 Å².